The lowest BCUT2D eigenvalue weighted by Gasteiger charge is -2.13. The first-order valence-electron chi connectivity index (χ1n) is 12.5. The Morgan fingerprint density at radius 2 is 1.88 bits per heavy atom. The quantitative estimate of drug-likeness (QED) is 0.157. The van der Waals surface area contributed by atoms with Crippen LogP contribution < -0.4 is 16.0 Å². The van der Waals surface area contributed by atoms with E-state index in [9.17, 15) is 19.1 Å². The van der Waals surface area contributed by atoms with Crippen LogP contribution in [-0.2, 0) is 18.4 Å². The molecule has 2 amide bonds. The highest BCUT2D eigenvalue weighted by Crippen LogP contribution is 2.22. The van der Waals surface area contributed by atoms with E-state index in [1.54, 1.807) is 37.6 Å². The number of anilines is 1. The van der Waals surface area contributed by atoms with Crippen LogP contribution in [0.4, 0.5) is 10.1 Å². The van der Waals surface area contributed by atoms with E-state index in [0.29, 0.717) is 29.9 Å². The molecule has 40 heavy (non-hydrogen) atoms. The number of nitrogens with one attached hydrogen (secondary N) is 3. The van der Waals surface area contributed by atoms with Crippen molar-refractivity contribution in [2.45, 2.75) is 12.8 Å². The van der Waals surface area contributed by atoms with Gasteiger partial charge < -0.3 is 15.7 Å². The summed E-state index contributed by atoms with van der Waals surface area (Å²) in [5, 5.41) is 27.8. The first-order chi connectivity index (χ1) is 19.4. The molecule has 12 heteroatoms. The van der Waals surface area contributed by atoms with Crippen molar-refractivity contribution in [1.82, 2.24) is 35.2 Å². The van der Waals surface area contributed by atoms with E-state index in [0.717, 1.165) is 10.9 Å². The fraction of sp³-hybridized carbons (Fsp3) is 0.179. The van der Waals surface area contributed by atoms with Gasteiger partial charge in [0, 0.05) is 49.2 Å². The second kappa shape index (κ2) is 11.8. The summed E-state index contributed by atoms with van der Waals surface area (Å²) in [5.41, 5.74) is 2.46. The standard InChI is InChI=1S/C28H27FN8O3/c1-36-15-20(14-32-36)26-22(29)8-10-24(34-26)28(40)33-21-7-9-23-19(13-21)16-37(35-23)17-25(38)30-11-12-31-27(39)18-5-3-2-4-6-18/h2-10,13-16,27,31,39H,11-12,17H2,1H3,(H,30,38)(H,33,40). The number of carbonyl (C=O) groups excluding carboxylic acids is 2. The summed E-state index contributed by atoms with van der Waals surface area (Å²) >= 11 is 0. The largest absolute Gasteiger partial charge is 0.374 e. The first kappa shape index (κ1) is 26.7. The smallest absolute Gasteiger partial charge is 0.274 e. The van der Waals surface area contributed by atoms with Crippen LogP contribution in [0.15, 0.2) is 79.3 Å². The zero-order valence-electron chi connectivity index (χ0n) is 21.6. The van der Waals surface area contributed by atoms with Crippen LogP contribution in [-0.4, -0.2) is 54.6 Å². The van der Waals surface area contributed by atoms with Crippen molar-refractivity contribution in [2.75, 3.05) is 18.4 Å². The van der Waals surface area contributed by atoms with E-state index >= 15 is 0 Å². The number of aromatic nitrogens is 5. The van der Waals surface area contributed by atoms with Gasteiger partial charge in [-0.1, -0.05) is 30.3 Å². The molecule has 3 aromatic heterocycles. The molecule has 0 spiro atoms. The van der Waals surface area contributed by atoms with Gasteiger partial charge in [-0.25, -0.2) is 9.37 Å². The number of nitrogens with zero attached hydrogens (tertiary/aromatic N) is 5. The number of pyridine rings is 1. The van der Waals surface area contributed by atoms with Crippen LogP contribution in [0.5, 0.6) is 0 Å². The number of aliphatic hydroxyl groups excluding tert-OH is 1. The van der Waals surface area contributed by atoms with E-state index in [1.807, 2.05) is 30.3 Å². The van der Waals surface area contributed by atoms with Crippen molar-refractivity contribution in [3.8, 4) is 11.3 Å². The molecular weight excluding hydrogens is 515 g/mol. The Bertz CT molecular complexity index is 1650. The van der Waals surface area contributed by atoms with E-state index in [1.165, 1.54) is 27.7 Å². The number of benzene rings is 2. The molecule has 0 fully saturated rings. The zero-order valence-corrected chi connectivity index (χ0v) is 21.6. The highest BCUT2D eigenvalue weighted by molar-refractivity contribution is 6.04. The predicted octanol–water partition coefficient (Wildman–Crippen LogP) is 2.62. The number of fused-ring (bicyclic) bond motifs is 1. The van der Waals surface area contributed by atoms with E-state index in [-0.39, 0.29) is 23.8 Å². The topological polar surface area (TPSA) is 139 Å². The lowest BCUT2D eigenvalue weighted by atomic mass is 10.2. The molecule has 5 rings (SSSR count). The maximum atomic E-state index is 14.3. The number of rotatable bonds is 10. The lowest BCUT2D eigenvalue weighted by molar-refractivity contribution is -0.121. The minimum atomic E-state index is -0.814. The minimum absolute atomic E-state index is 0.00817. The molecule has 1 atom stereocenters. The summed E-state index contributed by atoms with van der Waals surface area (Å²) in [6.07, 6.45) is 3.99. The molecule has 0 saturated heterocycles. The Morgan fingerprint density at radius 3 is 2.65 bits per heavy atom. The van der Waals surface area contributed by atoms with Gasteiger partial charge in [0.05, 0.1) is 11.7 Å². The monoisotopic (exact) mass is 542 g/mol. The SMILES string of the molecule is Cn1cc(-c2nc(C(=O)Nc3ccc4nn(CC(=O)NCCNC(O)c5ccccc5)cc4c3)ccc2F)cn1. The van der Waals surface area contributed by atoms with Crippen molar-refractivity contribution >= 4 is 28.4 Å². The van der Waals surface area contributed by atoms with Crippen molar-refractivity contribution in [2.24, 2.45) is 7.05 Å². The lowest BCUT2D eigenvalue weighted by Crippen LogP contribution is -2.35. The van der Waals surface area contributed by atoms with Gasteiger partial charge in [0.1, 0.15) is 30.0 Å². The molecule has 0 bridgehead atoms. The van der Waals surface area contributed by atoms with Crippen molar-refractivity contribution in [1.29, 1.82) is 0 Å². The van der Waals surface area contributed by atoms with Crippen LogP contribution in [0.3, 0.4) is 0 Å². The minimum Gasteiger partial charge on any atom is -0.374 e. The fourth-order valence-corrected chi connectivity index (χ4v) is 4.11. The van der Waals surface area contributed by atoms with Gasteiger partial charge >= 0.3 is 0 Å². The van der Waals surface area contributed by atoms with Crippen LogP contribution in [0.25, 0.3) is 22.2 Å². The number of aryl methyl sites for hydroxylation is 1. The second-order valence-electron chi connectivity index (χ2n) is 9.10. The maximum Gasteiger partial charge on any atom is 0.274 e. The van der Waals surface area contributed by atoms with Crippen molar-refractivity contribution in [3.05, 3.63) is 96.3 Å². The van der Waals surface area contributed by atoms with Crippen LogP contribution in [0.2, 0.25) is 0 Å². The number of amides is 2. The zero-order chi connectivity index (χ0) is 28.1. The summed E-state index contributed by atoms with van der Waals surface area (Å²) in [6.45, 7) is 0.729. The Balaban J connectivity index is 1.16. The van der Waals surface area contributed by atoms with Gasteiger partial charge in [-0.3, -0.25) is 24.3 Å². The molecule has 0 saturated carbocycles. The van der Waals surface area contributed by atoms with Crippen LogP contribution in [0.1, 0.15) is 22.3 Å². The fourth-order valence-electron chi connectivity index (χ4n) is 4.11. The van der Waals surface area contributed by atoms with Gasteiger partial charge in [-0.05, 0) is 35.9 Å². The first-order valence-corrected chi connectivity index (χ1v) is 12.5. The summed E-state index contributed by atoms with van der Waals surface area (Å²) in [4.78, 5) is 29.4. The summed E-state index contributed by atoms with van der Waals surface area (Å²) in [6, 6.07) is 16.8. The van der Waals surface area contributed by atoms with Crippen molar-refractivity contribution in [3.63, 3.8) is 0 Å². The third-order valence-corrected chi connectivity index (χ3v) is 6.07. The normalized spacial score (nSPS) is 11.9. The Morgan fingerprint density at radius 1 is 1.05 bits per heavy atom. The van der Waals surface area contributed by atoms with Crippen LogP contribution in [0, 0.1) is 5.82 Å². The van der Waals surface area contributed by atoms with Gasteiger partial charge in [-0.15, -0.1) is 0 Å². The Hall–Kier alpha value is -4.94. The third-order valence-electron chi connectivity index (χ3n) is 6.07. The molecular formula is C28H27FN8O3. The number of hydrogen-bond acceptors (Lipinski definition) is 7. The molecule has 5 aromatic rings. The number of halogens is 1. The van der Waals surface area contributed by atoms with E-state index < -0.39 is 18.0 Å². The molecule has 0 aliphatic carbocycles. The van der Waals surface area contributed by atoms with E-state index in [2.05, 4.69) is 31.1 Å². The average molecular weight is 543 g/mol. The number of hydrogen-bond donors (Lipinski definition) is 4. The molecule has 0 radical (unpaired) electrons. The molecule has 3 heterocycles. The Kier molecular flexibility index (Phi) is 7.89. The number of carbonyl (C=O) groups is 2. The molecule has 4 N–H and O–H groups in total. The highest BCUT2D eigenvalue weighted by atomic mass is 19.1. The second-order valence-corrected chi connectivity index (χ2v) is 9.10. The van der Waals surface area contributed by atoms with Crippen LogP contribution >= 0.6 is 0 Å². The summed E-state index contributed by atoms with van der Waals surface area (Å²) in [7, 11) is 1.71. The van der Waals surface area contributed by atoms with Gasteiger partial charge in [0.15, 0.2) is 0 Å². The van der Waals surface area contributed by atoms with Gasteiger partial charge in [0.2, 0.25) is 5.91 Å². The van der Waals surface area contributed by atoms with Gasteiger partial charge in [-0.2, -0.15) is 10.2 Å². The molecule has 0 aliphatic rings. The average Bonchev–Trinajstić information content (AvgIpc) is 3.56. The highest BCUT2D eigenvalue weighted by Gasteiger charge is 2.15. The predicted molar refractivity (Wildman–Crippen MR) is 146 cm³/mol. The summed E-state index contributed by atoms with van der Waals surface area (Å²) < 4.78 is 17.4. The third kappa shape index (κ3) is 6.37. The molecule has 1 unspecified atom stereocenters. The summed E-state index contributed by atoms with van der Waals surface area (Å²) in [5.74, 6) is -1.28. The van der Waals surface area contributed by atoms with Crippen molar-refractivity contribution < 1.29 is 19.1 Å². The number of aliphatic hydroxyl groups is 1. The Labute approximate surface area is 228 Å². The molecule has 0 aliphatic heterocycles. The molecule has 2 aromatic carbocycles. The maximum absolute atomic E-state index is 14.3. The van der Waals surface area contributed by atoms with Gasteiger partial charge in [0.25, 0.3) is 5.91 Å². The molecule has 11 nitrogen and oxygen atoms in total. The van der Waals surface area contributed by atoms with E-state index in [4.69, 9.17) is 0 Å². The molecule has 204 valence electrons.